The van der Waals surface area contributed by atoms with E-state index in [0.717, 1.165) is 0 Å². The highest BCUT2D eigenvalue weighted by molar-refractivity contribution is 7.99. The molecule has 0 saturated heterocycles. The van der Waals surface area contributed by atoms with Gasteiger partial charge in [-0.3, -0.25) is 0 Å². The van der Waals surface area contributed by atoms with Crippen molar-refractivity contribution < 1.29 is 0 Å². The monoisotopic (exact) mass is 208 g/mol. The Bertz CT molecular complexity index is 279. The summed E-state index contributed by atoms with van der Waals surface area (Å²) in [5.74, 6) is 1.23. The first-order chi connectivity index (χ1) is 6.77. The number of hydrogen-bond acceptors (Lipinski definition) is 1. The molecule has 0 aromatic heterocycles. The Hall–Kier alpha value is -0.430. The van der Waals surface area contributed by atoms with Crippen molar-refractivity contribution in [3.05, 3.63) is 29.3 Å². The highest BCUT2D eigenvalue weighted by Crippen LogP contribution is 2.22. The summed E-state index contributed by atoms with van der Waals surface area (Å²) in [5, 5.41) is 0. The Morgan fingerprint density at radius 3 is 2.57 bits per heavy atom. The molecule has 0 nitrogen and oxygen atoms in total. The third kappa shape index (κ3) is 3.38. The summed E-state index contributed by atoms with van der Waals surface area (Å²) in [6.45, 7) is 6.68. The van der Waals surface area contributed by atoms with Crippen molar-refractivity contribution >= 4 is 11.8 Å². The summed E-state index contributed by atoms with van der Waals surface area (Å²) in [6.07, 6.45) is 3.71. The molecule has 1 rings (SSSR count). The van der Waals surface area contributed by atoms with Crippen molar-refractivity contribution in [2.45, 2.75) is 44.9 Å². The summed E-state index contributed by atoms with van der Waals surface area (Å²) in [4.78, 5) is 1.43. The van der Waals surface area contributed by atoms with Crippen LogP contribution in [-0.2, 0) is 6.42 Å². The van der Waals surface area contributed by atoms with Crippen molar-refractivity contribution in [3.8, 4) is 0 Å². The van der Waals surface area contributed by atoms with E-state index in [9.17, 15) is 0 Å². The average Bonchev–Trinajstić information content (AvgIpc) is 2.19. The second-order valence-corrected chi connectivity index (χ2v) is 4.86. The predicted octanol–water partition coefficient (Wildman–Crippen LogP) is 4.45. The van der Waals surface area contributed by atoms with Crippen LogP contribution in [0.1, 0.15) is 37.8 Å². The molecule has 1 aromatic rings. The van der Waals surface area contributed by atoms with Gasteiger partial charge in [0.15, 0.2) is 0 Å². The summed E-state index contributed by atoms with van der Waals surface area (Å²) >= 11 is 1.97. The van der Waals surface area contributed by atoms with Crippen LogP contribution in [-0.4, -0.2) is 5.75 Å². The van der Waals surface area contributed by atoms with Crippen molar-refractivity contribution in [2.75, 3.05) is 5.75 Å². The van der Waals surface area contributed by atoms with Crippen LogP contribution in [0, 0.1) is 6.92 Å². The Kier molecular flexibility index (Phi) is 5.10. The van der Waals surface area contributed by atoms with E-state index < -0.39 is 0 Å². The first kappa shape index (κ1) is 11.6. The average molecular weight is 208 g/mol. The smallest absolute Gasteiger partial charge is 0.00748 e. The molecule has 0 atom stereocenters. The minimum Gasteiger partial charge on any atom is -0.126 e. The summed E-state index contributed by atoms with van der Waals surface area (Å²) in [7, 11) is 0. The molecule has 1 aromatic carbocycles. The molecule has 1 heteroatoms. The lowest BCUT2D eigenvalue weighted by Crippen LogP contribution is -1.89. The van der Waals surface area contributed by atoms with Crippen LogP contribution in [0.3, 0.4) is 0 Å². The molecule has 14 heavy (non-hydrogen) atoms. The fourth-order valence-electron chi connectivity index (χ4n) is 1.50. The second-order valence-electron chi connectivity index (χ2n) is 3.69. The molecule has 0 aliphatic rings. The van der Waals surface area contributed by atoms with Crippen LogP contribution < -0.4 is 0 Å². The molecule has 0 fully saturated rings. The van der Waals surface area contributed by atoms with Crippen LogP contribution in [0.5, 0.6) is 0 Å². The van der Waals surface area contributed by atoms with E-state index in [0.29, 0.717) is 0 Å². The van der Waals surface area contributed by atoms with Gasteiger partial charge in [0.05, 0.1) is 0 Å². The Balaban J connectivity index is 2.72. The van der Waals surface area contributed by atoms with Crippen molar-refractivity contribution in [1.82, 2.24) is 0 Å². The maximum absolute atomic E-state index is 2.36. The van der Waals surface area contributed by atoms with E-state index in [2.05, 4.69) is 39.0 Å². The molecule has 0 amide bonds. The summed E-state index contributed by atoms with van der Waals surface area (Å²) < 4.78 is 0. The molecular weight excluding hydrogens is 188 g/mol. The molecule has 78 valence electrons. The third-order valence-electron chi connectivity index (χ3n) is 2.31. The van der Waals surface area contributed by atoms with E-state index in [1.54, 1.807) is 0 Å². The van der Waals surface area contributed by atoms with Gasteiger partial charge in [-0.25, -0.2) is 0 Å². The molecule has 0 heterocycles. The van der Waals surface area contributed by atoms with Crippen LogP contribution in [0.2, 0.25) is 0 Å². The van der Waals surface area contributed by atoms with E-state index in [-0.39, 0.29) is 0 Å². The zero-order valence-corrected chi connectivity index (χ0v) is 10.3. The van der Waals surface area contributed by atoms with Gasteiger partial charge in [-0.05, 0) is 48.8 Å². The van der Waals surface area contributed by atoms with Gasteiger partial charge in [-0.2, -0.15) is 0 Å². The highest BCUT2D eigenvalue weighted by Gasteiger charge is 1.99. The van der Waals surface area contributed by atoms with E-state index >= 15 is 0 Å². The standard InChI is InChI=1S/C13H20S/c1-4-6-12-10-13(14-9-5-2)8-7-11(12)3/h7-8,10H,4-6,9H2,1-3H3. The minimum atomic E-state index is 1.21. The first-order valence-electron chi connectivity index (χ1n) is 5.50. The van der Waals surface area contributed by atoms with Crippen LogP contribution >= 0.6 is 11.8 Å². The Morgan fingerprint density at radius 1 is 1.14 bits per heavy atom. The number of hydrogen-bond donors (Lipinski definition) is 0. The number of benzene rings is 1. The Labute approximate surface area is 92.1 Å². The largest absolute Gasteiger partial charge is 0.126 e. The molecule has 0 bridgehead atoms. The summed E-state index contributed by atoms with van der Waals surface area (Å²) in [5.41, 5.74) is 2.96. The quantitative estimate of drug-likeness (QED) is 0.644. The van der Waals surface area contributed by atoms with Gasteiger partial charge in [-0.1, -0.05) is 26.3 Å². The zero-order chi connectivity index (χ0) is 10.4. The van der Waals surface area contributed by atoms with Gasteiger partial charge in [-0.15, -0.1) is 11.8 Å². The van der Waals surface area contributed by atoms with Gasteiger partial charge in [0.2, 0.25) is 0 Å². The van der Waals surface area contributed by atoms with Gasteiger partial charge < -0.3 is 0 Å². The van der Waals surface area contributed by atoms with E-state index in [4.69, 9.17) is 0 Å². The van der Waals surface area contributed by atoms with Crippen molar-refractivity contribution in [2.24, 2.45) is 0 Å². The molecule has 0 unspecified atom stereocenters. The molecule has 0 spiro atoms. The molecule has 0 aliphatic carbocycles. The highest BCUT2D eigenvalue weighted by atomic mass is 32.2. The maximum Gasteiger partial charge on any atom is 0.00748 e. The van der Waals surface area contributed by atoms with Gasteiger partial charge in [0.25, 0.3) is 0 Å². The van der Waals surface area contributed by atoms with Crippen molar-refractivity contribution in [1.29, 1.82) is 0 Å². The topological polar surface area (TPSA) is 0 Å². The lowest BCUT2D eigenvalue weighted by Gasteiger charge is -2.07. The fraction of sp³-hybridized carbons (Fsp3) is 0.538. The number of aryl methyl sites for hydroxylation is 2. The molecule has 0 saturated carbocycles. The normalized spacial score (nSPS) is 10.5. The fourth-order valence-corrected chi connectivity index (χ4v) is 2.33. The van der Waals surface area contributed by atoms with Crippen LogP contribution in [0.4, 0.5) is 0 Å². The molecular formula is C13H20S. The zero-order valence-electron chi connectivity index (χ0n) is 9.47. The SMILES string of the molecule is CCCSc1ccc(C)c(CCC)c1. The maximum atomic E-state index is 2.36. The number of thioether (sulfide) groups is 1. The van der Waals surface area contributed by atoms with E-state index in [1.807, 2.05) is 11.8 Å². The Morgan fingerprint density at radius 2 is 1.93 bits per heavy atom. The van der Waals surface area contributed by atoms with Gasteiger partial charge >= 0.3 is 0 Å². The first-order valence-corrected chi connectivity index (χ1v) is 6.48. The van der Waals surface area contributed by atoms with Crippen LogP contribution in [0.15, 0.2) is 23.1 Å². The van der Waals surface area contributed by atoms with Crippen LogP contribution in [0.25, 0.3) is 0 Å². The molecule has 0 radical (unpaired) electrons. The molecule has 0 aliphatic heterocycles. The lowest BCUT2D eigenvalue weighted by atomic mass is 10.0. The van der Waals surface area contributed by atoms with E-state index in [1.165, 1.54) is 41.0 Å². The summed E-state index contributed by atoms with van der Waals surface area (Å²) in [6, 6.07) is 6.86. The van der Waals surface area contributed by atoms with Gasteiger partial charge in [0.1, 0.15) is 0 Å². The third-order valence-corrected chi connectivity index (χ3v) is 3.51. The lowest BCUT2D eigenvalue weighted by molar-refractivity contribution is 0.908. The number of rotatable bonds is 5. The van der Waals surface area contributed by atoms with Gasteiger partial charge in [0, 0.05) is 4.90 Å². The second kappa shape index (κ2) is 6.13. The molecule has 0 N–H and O–H groups in total. The van der Waals surface area contributed by atoms with Crippen molar-refractivity contribution in [3.63, 3.8) is 0 Å². The predicted molar refractivity (Wildman–Crippen MR) is 66.2 cm³/mol. The minimum absolute atomic E-state index is 1.21.